The van der Waals surface area contributed by atoms with Crippen LogP contribution in [0.1, 0.15) is 42.6 Å². The van der Waals surface area contributed by atoms with E-state index in [2.05, 4.69) is 57.4 Å². The summed E-state index contributed by atoms with van der Waals surface area (Å²) in [7, 11) is 0. The van der Waals surface area contributed by atoms with E-state index in [1.807, 2.05) is 11.8 Å². The Bertz CT molecular complexity index is 1250. The summed E-state index contributed by atoms with van der Waals surface area (Å²) in [5.74, 6) is 3.44. The number of H-pyrrole nitrogens is 1. The van der Waals surface area contributed by atoms with Gasteiger partial charge < -0.3 is 24.8 Å². The first kappa shape index (κ1) is 23.3. The van der Waals surface area contributed by atoms with Crippen LogP contribution in [0.25, 0.3) is 22.2 Å². The Morgan fingerprint density at radius 2 is 1.72 bits per heavy atom. The maximum atomic E-state index is 13.6. The second-order valence-electron chi connectivity index (χ2n) is 10.8. The van der Waals surface area contributed by atoms with E-state index in [4.69, 9.17) is 4.74 Å². The number of piperidine rings is 2. The molecule has 36 heavy (non-hydrogen) atoms. The summed E-state index contributed by atoms with van der Waals surface area (Å²) < 4.78 is 6.17. The molecule has 2 N–H and O–H groups in total. The summed E-state index contributed by atoms with van der Waals surface area (Å²) in [5, 5.41) is 3.48. The maximum Gasteiger partial charge on any atom is 0.320 e. The number of aromatic nitrogens is 2. The van der Waals surface area contributed by atoms with Crippen molar-refractivity contribution in [3.8, 4) is 16.9 Å². The Hall–Kier alpha value is -3.06. The number of aromatic amines is 1. The SMILES string of the molecule is Cc1nc2ccc(-c3cc(C)c4c(c3)CN(C(=O)N3CCC(C5CCNCC5)CC3)CCO4)cc2[nH]1. The maximum absolute atomic E-state index is 13.6. The molecule has 2 fully saturated rings. The van der Waals surface area contributed by atoms with Gasteiger partial charge in [0.15, 0.2) is 0 Å². The van der Waals surface area contributed by atoms with Gasteiger partial charge in [0.05, 0.1) is 24.1 Å². The number of likely N-dealkylation sites (tertiary alicyclic amines) is 1. The number of nitrogens with one attached hydrogen (secondary N) is 2. The minimum atomic E-state index is 0.160. The molecule has 3 aromatic rings. The van der Waals surface area contributed by atoms with Gasteiger partial charge in [-0.15, -0.1) is 0 Å². The molecule has 1 aromatic heterocycles. The number of fused-ring (bicyclic) bond motifs is 2. The summed E-state index contributed by atoms with van der Waals surface area (Å²) in [6.45, 7) is 9.86. The van der Waals surface area contributed by atoms with Crippen molar-refractivity contribution in [3.05, 3.63) is 47.3 Å². The van der Waals surface area contributed by atoms with Gasteiger partial charge in [0.2, 0.25) is 0 Å². The number of urea groups is 1. The van der Waals surface area contributed by atoms with Crippen molar-refractivity contribution in [3.63, 3.8) is 0 Å². The lowest BCUT2D eigenvalue weighted by Gasteiger charge is -2.39. The predicted octanol–water partition coefficient (Wildman–Crippen LogP) is 4.87. The normalized spacial score (nSPS) is 19.7. The van der Waals surface area contributed by atoms with E-state index in [1.165, 1.54) is 12.8 Å². The number of hydrogen-bond donors (Lipinski definition) is 2. The zero-order valence-corrected chi connectivity index (χ0v) is 21.5. The number of aryl methyl sites for hydroxylation is 2. The van der Waals surface area contributed by atoms with Crippen LogP contribution >= 0.6 is 0 Å². The fourth-order valence-corrected chi connectivity index (χ4v) is 6.44. The molecule has 7 nitrogen and oxygen atoms in total. The summed E-state index contributed by atoms with van der Waals surface area (Å²) in [6.07, 6.45) is 4.84. The standard InChI is InChI=1S/C29H37N5O2/c1-19-15-24(23-3-4-26-27(17-23)32-20(2)31-26)16-25-18-34(13-14-36-28(19)25)29(35)33-11-7-22(8-12-33)21-5-9-30-10-6-21/h3-4,15-17,21-22,30H,5-14,18H2,1-2H3,(H,31,32). The van der Waals surface area contributed by atoms with Gasteiger partial charge in [0.1, 0.15) is 18.2 Å². The van der Waals surface area contributed by atoms with Gasteiger partial charge in [0, 0.05) is 18.7 Å². The molecular formula is C29H37N5O2. The van der Waals surface area contributed by atoms with Gasteiger partial charge in [0.25, 0.3) is 0 Å². The van der Waals surface area contributed by atoms with E-state index < -0.39 is 0 Å². The van der Waals surface area contributed by atoms with Crippen molar-refractivity contribution in [1.82, 2.24) is 25.1 Å². The highest BCUT2D eigenvalue weighted by Crippen LogP contribution is 2.35. The topological polar surface area (TPSA) is 73.5 Å². The van der Waals surface area contributed by atoms with E-state index in [0.29, 0.717) is 19.7 Å². The second-order valence-corrected chi connectivity index (χ2v) is 10.8. The van der Waals surface area contributed by atoms with Crippen molar-refractivity contribution < 1.29 is 9.53 Å². The molecule has 0 bridgehead atoms. The van der Waals surface area contributed by atoms with E-state index in [-0.39, 0.29) is 6.03 Å². The van der Waals surface area contributed by atoms with Crippen LogP contribution in [0.2, 0.25) is 0 Å². The molecule has 190 valence electrons. The van der Waals surface area contributed by atoms with E-state index in [9.17, 15) is 4.79 Å². The first-order chi connectivity index (χ1) is 17.5. The lowest BCUT2D eigenvalue weighted by molar-refractivity contribution is 0.109. The number of rotatable bonds is 2. The summed E-state index contributed by atoms with van der Waals surface area (Å²) in [6, 6.07) is 10.9. The third-order valence-electron chi connectivity index (χ3n) is 8.39. The minimum absolute atomic E-state index is 0.160. The molecule has 3 aliphatic rings. The zero-order chi connectivity index (χ0) is 24.6. The Labute approximate surface area is 213 Å². The van der Waals surface area contributed by atoms with Gasteiger partial charge in [-0.25, -0.2) is 9.78 Å². The summed E-state index contributed by atoms with van der Waals surface area (Å²) in [5.41, 5.74) is 6.49. The van der Waals surface area contributed by atoms with Crippen LogP contribution in [-0.4, -0.2) is 65.1 Å². The number of carbonyl (C=O) groups excluding carboxylic acids is 1. The Morgan fingerprint density at radius 3 is 2.53 bits per heavy atom. The quantitative estimate of drug-likeness (QED) is 0.541. The molecular weight excluding hydrogens is 450 g/mol. The third-order valence-corrected chi connectivity index (χ3v) is 8.39. The highest BCUT2D eigenvalue weighted by atomic mass is 16.5. The summed E-state index contributed by atoms with van der Waals surface area (Å²) >= 11 is 0. The summed E-state index contributed by atoms with van der Waals surface area (Å²) in [4.78, 5) is 25.5. The highest BCUT2D eigenvalue weighted by molar-refractivity contribution is 5.82. The molecule has 2 amide bonds. The van der Waals surface area contributed by atoms with Crippen LogP contribution < -0.4 is 10.1 Å². The van der Waals surface area contributed by atoms with E-state index in [0.717, 1.165) is 95.7 Å². The van der Waals surface area contributed by atoms with Crippen LogP contribution in [-0.2, 0) is 6.54 Å². The average molecular weight is 488 g/mol. The molecule has 7 heteroatoms. The van der Waals surface area contributed by atoms with Gasteiger partial charge in [-0.05, 0) is 105 Å². The smallest absolute Gasteiger partial charge is 0.320 e. The Balaban J connectivity index is 1.18. The number of carbonyl (C=O) groups is 1. The Kier molecular flexibility index (Phi) is 6.34. The fourth-order valence-electron chi connectivity index (χ4n) is 6.44. The molecule has 2 saturated heterocycles. The van der Waals surface area contributed by atoms with E-state index in [1.54, 1.807) is 0 Å². The van der Waals surface area contributed by atoms with Crippen LogP contribution in [0.5, 0.6) is 5.75 Å². The largest absolute Gasteiger partial charge is 0.491 e. The van der Waals surface area contributed by atoms with Crippen molar-refractivity contribution in [2.75, 3.05) is 39.3 Å². The van der Waals surface area contributed by atoms with Crippen molar-refractivity contribution in [2.24, 2.45) is 11.8 Å². The lowest BCUT2D eigenvalue weighted by Crippen LogP contribution is -2.48. The Morgan fingerprint density at radius 1 is 0.944 bits per heavy atom. The molecule has 3 aliphatic heterocycles. The molecule has 0 radical (unpaired) electrons. The van der Waals surface area contributed by atoms with Crippen LogP contribution in [0.15, 0.2) is 30.3 Å². The van der Waals surface area contributed by atoms with Crippen LogP contribution in [0.3, 0.4) is 0 Å². The predicted molar refractivity (Wildman–Crippen MR) is 142 cm³/mol. The van der Waals surface area contributed by atoms with Gasteiger partial charge in [-0.3, -0.25) is 0 Å². The molecule has 0 aliphatic carbocycles. The fraction of sp³-hybridized carbons (Fsp3) is 0.517. The number of benzene rings is 2. The number of ether oxygens (including phenoxy) is 1. The molecule has 6 rings (SSSR count). The number of imidazole rings is 1. The highest BCUT2D eigenvalue weighted by Gasteiger charge is 2.32. The number of amides is 2. The van der Waals surface area contributed by atoms with Crippen molar-refractivity contribution >= 4 is 17.1 Å². The molecule has 0 atom stereocenters. The number of hydrogen-bond acceptors (Lipinski definition) is 4. The zero-order valence-electron chi connectivity index (χ0n) is 21.5. The van der Waals surface area contributed by atoms with Crippen LogP contribution in [0, 0.1) is 25.7 Å². The number of nitrogens with zero attached hydrogens (tertiary/aromatic N) is 3. The first-order valence-corrected chi connectivity index (χ1v) is 13.5. The van der Waals surface area contributed by atoms with Crippen molar-refractivity contribution in [2.45, 2.75) is 46.1 Å². The lowest BCUT2D eigenvalue weighted by atomic mass is 9.79. The van der Waals surface area contributed by atoms with E-state index >= 15 is 0 Å². The first-order valence-electron chi connectivity index (χ1n) is 13.5. The van der Waals surface area contributed by atoms with Gasteiger partial charge in [-0.2, -0.15) is 0 Å². The van der Waals surface area contributed by atoms with Crippen LogP contribution in [0.4, 0.5) is 4.79 Å². The van der Waals surface area contributed by atoms with Gasteiger partial charge in [-0.1, -0.05) is 6.07 Å². The van der Waals surface area contributed by atoms with Gasteiger partial charge >= 0.3 is 6.03 Å². The molecule has 0 spiro atoms. The minimum Gasteiger partial charge on any atom is -0.491 e. The third kappa shape index (κ3) is 4.57. The van der Waals surface area contributed by atoms with Crippen molar-refractivity contribution in [1.29, 1.82) is 0 Å². The molecule has 0 saturated carbocycles. The molecule has 2 aromatic carbocycles. The monoisotopic (exact) mass is 487 g/mol. The second kappa shape index (κ2) is 9.77. The molecule has 4 heterocycles. The average Bonchev–Trinajstić information content (AvgIpc) is 3.14. The molecule has 0 unspecified atom stereocenters.